The number of amides is 1. The Kier molecular flexibility index (Phi) is 3.14. The summed E-state index contributed by atoms with van der Waals surface area (Å²) in [5.74, 6) is -0.0783. The van der Waals surface area contributed by atoms with Gasteiger partial charge >= 0.3 is 0 Å². The zero-order chi connectivity index (χ0) is 10.8. The number of benzene rings is 1. The van der Waals surface area contributed by atoms with Crippen LogP contribution in [0.1, 0.15) is 0 Å². The average molecular weight is 259 g/mol. The molecule has 0 aliphatic heterocycles. The van der Waals surface area contributed by atoms with Gasteiger partial charge in [0, 0.05) is 5.02 Å². The number of thiazole rings is 1. The van der Waals surface area contributed by atoms with E-state index >= 15 is 0 Å². The first-order valence-electron chi connectivity index (χ1n) is 4.12. The van der Waals surface area contributed by atoms with E-state index in [9.17, 15) is 4.79 Å². The van der Waals surface area contributed by atoms with Crippen LogP contribution in [0, 0.1) is 0 Å². The van der Waals surface area contributed by atoms with Crippen LogP contribution in [0.2, 0.25) is 5.02 Å². The summed E-state index contributed by atoms with van der Waals surface area (Å²) in [6, 6.07) is 5.53. The molecular formula is C9H7ClN2OS2. The van der Waals surface area contributed by atoms with Crippen LogP contribution in [0.4, 0.5) is 0 Å². The second-order valence-electron chi connectivity index (χ2n) is 2.85. The Balaban J connectivity index is 2.27. The molecule has 0 aliphatic rings. The number of nitrogens with two attached hydrogens (primary N) is 1. The number of aromatic nitrogens is 1. The van der Waals surface area contributed by atoms with Gasteiger partial charge in [0.1, 0.15) is 0 Å². The number of halogens is 1. The van der Waals surface area contributed by atoms with Gasteiger partial charge in [-0.25, -0.2) is 4.98 Å². The van der Waals surface area contributed by atoms with E-state index in [-0.39, 0.29) is 11.7 Å². The van der Waals surface area contributed by atoms with Crippen molar-refractivity contribution in [3.05, 3.63) is 23.2 Å². The zero-order valence-corrected chi connectivity index (χ0v) is 9.96. The molecule has 0 atom stereocenters. The van der Waals surface area contributed by atoms with E-state index in [1.54, 1.807) is 6.07 Å². The lowest BCUT2D eigenvalue weighted by Crippen LogP contribution is -2.12. The van der Waals surface area contributed by atoms with Crippen molar-refractivity contribution in [2.45, 2.75) is 4.34 Å². The molecule has 0 spiro atoms. The first kappa shape index (κ1) is 10.7. The lowest BCUT2D eigenvalue weighted by atomic mass is 10.3. The number of fused-ring (bicyclic) bond motifs is 1. The molecule has 2 N–H and O–H groups in total. The fourth-order valence-electron chi connectivity index (χ4n) is 1.07. The minimum absolute atomic E-state index is 0.257. The van der Waals surface area contributed by atoms with Crippen molar-refractivity contribution in [2.24, 2.45) is 5.73 Å². The van der Waals surface area contributed by atoms with Crippen molar-refractivity contribution in [1.82, 2.24) is 4.98 Å². The van der Waals surface area contributed by atoms with E-state index in [2.05, 4.69) is 4.98 Å². The molecule has 0 radical (unpaired) electrons. The molecule has 0 saturated heterocycles. The maximum atomic E-state index is 10.6. The summed E-state index contributed by atoms with van der Waals surface area (Å²) >= 11 is 8.72. The first-order chi connectivity index (χ1) is 7.15. The van der Waals surface area contributed by atoms with Crippen LogP contribution in [0.5, 0.6) is 0 Å². The van der Waals surface area contributed by atoms with Crippen molar-refractivity contribution in [1.29, 1.82) is 0 Å². The second kappa shape index (κ2) is 4.38. The van der Waals surface area contributed by atoms with E-state index < -0.39 is 0 Å². The van der Waals surface area contributed by atoms with Crippen molar-refractivity contribution in [3.8, 4) is 0 Å². The Morgan fingerprint density at radius 2 is 2.40 bits per heavy atom. The molecule has 3 nitrogen and oxygen atoms in total. The highest BCUT2D eigenvalue weighted by molar-refractivity contribution is 8.01. The topological polar surface area (TPSA) is 56.0 Å². The molecule has 0 bridgehead atoms. The van der Waals surface area contributed by atoms with E-state index in [1.807, 2.05) is 12.1 Å². The van der Waals surface area contributed by atoms with E-state index in [1.165, 1.54) is 23.1 Å². The number of hydrogen-bond acceptors (Lipinski definition) is 4. The molecule has 2 rings (SSSR count). The molecular weight excluding hydrogens is 252 g/mol. The standard InChI is InChI=1S/C9H7ClN2OS2/c10-5-1-2-6-7(3-5)15-9(12-6)14-4-8(11)13/h1-3H,4H2,(H2,11,13). The van der Waals surface area contributed by atoms with Crippen LogP contribution < -0.4 is 5.73 Å². The van der Waals surface area contributed by atoms with Gasteiger partial charge in [0.05, 0.1) is 16.0 Å². The van der Waals surface area contributed by atoms with Gasteiger partial charge in [-0.1, -0.05) is 23.4 Å². The molecule has 1 aromatic heterocycles. The van der Waals surface area contributed by atoms with Crippen LogP contribution in [0.3, 0.4) is 0 Å². The predicted octanol–water partition coefficient (Wildman–Crippen LogP) is 2.53. The molecule has 78 valence electrons. The molecule has 6 heteroatoms. The average Bonchev–Trinajstić information content (AvgIpc) is 2.56. The summed E-state index contributed by atoms with van der Waals surface area (Å²) in [7, 11) is 0. The van der Waals surface area contributed by atoms with E-state index in [4.69, 9.17) is 17.3 Å². The summed E-state index contributed by atoms with van der Waals surface area (Å²) < 4.78 is 1.86. The molecule has 0 unspecified atom stereocenters. The molecule has 0 fully saturated rings. The molecule has 1 amide bonds. The number of rotatable bonds is 3. The normalized spacial score (nSPS) is 10.7. The highest BCUT2D eigenvalue weighted by Gasteiger charge is 2.05. The lowest BCUT2D eigenvalue weighted by Gasteiger charge is -1.89. The Hall–Kier alpha value is -0.780. The van der Waals surface area contributed by atoms with Crippen molar-refractivity contribution >= 4 is 50.8 Å². The van der Waals surface area contributed by atoms with Gasteiger partial charge in [-0.3, -0.25) is 4.79 Å². The summed E-state index contributed by atoms with van der Waals surface area (Å²) in [6.45, 7) is 0. The number of carbonyl (C=O) groups is 1. The molecule has 1 heterocycles. The van der Waals surface area contributed by atoms with Crippen LogP contribution in [-0.2, 0) is 4.79 Å². The molecule has 0 aliphatic carbocycles. The SMILES string of the molecule is NC(=O)CSc1nc2ccc(Cl)cc2s1. The van der Waals surface area contributed by atoms with E-state index in [0.717, 1.165) is 14.6 Å². The fraction of sp³-hybridized carbons (Fsp3) is 0.111. The van der Waals surface area contributed by atoms with Crippen LogP contribution in [0.25, 0.3) is 10.2 Å². The smallest absolute Gasteiger partial charge is 0.227 e. The van der Waals surface area contributed by atoms with Crippen LogP contribution in [0.15, 0.2) is 22.5 Å². The minimum Gasteiger partial charge on any atom is -0.369 e. The van der Waals surface area contributed by atoms with Gasteiger partial charge in [-0.15, -0.1) is 11.3 Å². The van der Waals surface area contributed by atoms with Crippen molar-refractivity contribution in [3.63, 3.8) is 0 Å². The van der Waals surface area contributed by atoms with Gasteiger partial charge in [-0.2, -0.15) is 0 Å². The first-order valence-corrected chi connectivity index (χ1v) is 6.30. The quantitative estimate of drug-likeness (QED) is 0.861. The number of thioether (sulfide) groups is 1. The largest absolute Gasteiger partial charge is 0.369 e. The van der Waals surface area contributed by atoms with Crippen LogP contribution in [-0.4, -0.2) is 16.6 Å². The predicted molar refractivity (Wildman–Crippen MR) is 64.5 cm³/mol. The summed E-state index contributed by atoms with van der Waals surface area (Å²) in [4.78, 5) is 14.9. The van der Waals surface area contributed by atoms with Crippen molar-refractivity contribution < 1.29 is 4.79 Å². The van der Waals surface area contributed by atoms with Crippen molar-refractivity contribution in [2.75, 3.05) is 5.75 Å². The lowest BCUT2D eigenvalue weighted by molar-refractivity contribution is -0.115. The summed E-state index contributed by atoms with van der Waals surface area (Å²) in [5, 5.41) is 0.692. The summed E-state index contributed by atoms with van der Waals surface area (Å²) in [6.07, 6.45) is 0. The zero-order valence-electron chi connectivity index (χ0n) is 7.57. The van der Waals surface area contributed by atoms with Gasteiger partial charge in [-0.05, 0) is 18.2 Å². The summed E-state index contributed by atoms with van der Waals surface area (Å²) in [5.41, 5.74) is 5.95. The molecule has 15 heavy (non-hydrogen) atoms. The van der Waals surface area contributed by atoms with Gasteiger partial charge in [0.25, 0.3) is 0 Å². The fourth-order valence-corrected chi connectivity index (χ4v) is 3.16. The number of hydrogen-bond donors (Lipinski definition) is 1. The van der Waals surface area contributed by atoms with Gasteiger partial charge in [0.2, 0.25) is 5.91 Å². The Labute approximate surface area is 99.6 Å². The number of carbonyl (C=O) groups excluding carboxylic acids is 1. The Bertz CT molecular complexity index is 512. The Morgan fingerprint density at radius 3 is 3.13 bits per heavy atom. The highest BCUT2D eigenvalue weighted by atomic mass is 35.5. The molecule has 2 aromatic rings. The molecule has 0 saturated carbocycles. The van der Waals surface area contributed by atoms with Crippen LogP contribution >= 0.6 is 34.7 Å². The monoisotopic (exact) mass is 258 g/mol. The third-order valence-electron chi connectivity index (χ3n) is 1.67. The Morgan fingerprint density at radius 1 is 1.60 bits per heavy atom. The molecule has 1 aromatic carbocycles. The van der Waals surface area contributed by atoms with Gasteiger partial charge in [0.15, 0.2) is 4.34 Å². The third kappa shape index (κ3) is 2.62. The third-order valence-corrected chi connectivity index (χ3v) is 4.09. The number of nitrogens with zero attached hydrogens (tertiary/aromatic N) is 1. The maximum Gasteiger partial charge on any atom is 0.227 e. The van der Waals surface area contributed by atoms with Gasteiger partial charge < -0.3 is 5.73 Å². The van der Waals surface area contributed by atoms with E-state index in [0.29, 0.717) is 5.02 Å². The maximum absolute atomic E-state index is 10.6. The number of primary amides is 1. The second-order valence-corrected chi connectivity index (χ2v) is 5.54. The minimum atomic E-state index is -0.336. The highest BCUT2D eigenvalue weighted by Crippen LogP contribution is 2.30.